The third kappa shape index (κ3) is 2.46. The molecule has 0 bridgehead atoms. The highest BCUT2D eigenvalue weighted by molar-refractivity contribution is 6.40. The number of fused-ring (bicyclic) bond motifs is 1. The number of carbonyl (C=O) groups excluding carboxylic acids is 1. The van der Waals surface area contributed by atoms with Crippen LogP contribution >= 0.6 is 23.2 Å². The second-order valence-electron chi connectivity index (χ2n) is 6.81. The van der Waals surface area contributed by atoms with Crippen LogP contribution in [-0.4, -0.2) is 39.0 Å². The van der Waals surface area contributed by atoms with Crippen molar-refractivity contribution in [2.45, 2.75) is 45.4 Å². The molecule has 7 heteroatoms. The van der Waals surface area contributed by atoms with Gasteiger partial charge in [0.2, 0.25) is 0 Å². The Morgan fingerprint density at radius 2 is 1.88 bits per heavy atom. The lowest BCUT2D eigenvalue weighted by atomic mass is 9.95. The summed E-state index contributed by atoms with van der Waals surface area (Å²) in [6.45, 7) is 7.22. The number of rotatable bonds is 3. The molecule has 2 aromatic rings. The summed E-state index contributed by atoms with van der Waals surface area (Å²) in [7, 11) is 0. The van der Waals surface area contributed by atoms with Crippen molar-refractivity contribution in [2.75, 3.05) is 6.54 Å². The Bertz CT molecular complexity index is 827. The molecule has 0 radical (unpaired) electrons. The van der Waals surface area contributed by atoms with E-state index in [0.29, 0.717) is 23.0 Å². The number of aryl methyl sites for hydroxylation is 1. The van der Waals surface area contributed by atoms with Crippen LogP contribution in [0.5, 0.6) is 0 Å². The second-order valence-corrected chi connectivity index (χ2v) is 7.62. The monoisotopic (exact) mass is 370 g/mol. The van der Waals surface area contributed by atoms with Gasteiger partial charge in [-0.3, -0.25) is 4.90 Å². The van der Waals surface area contributed by atoms with E-state index in [9.17, 15) is 9.90 Å². The van der Waals surface area contributed by atoms with Crippen LogP contribution < -0.4 is 0 Å². The summed E-state index contributed by atoms with van der Waals surface area (Å²) in [5, 5.41) is 12.7. The number of cyclic esters (lactones) is 1. The van der Waals surface area contributed by atoms with Crippen LogP contribution in [0, 0.1) is 6.92 Å². The minimum atomic E-state index is -1.38. The molecular weight excluding hydrogens is 351 g/mol. The Balaban J connectivity index is 1.94. The minimum Gasteiger partial charge on any atom is -0.438 e. The van der Waals surface area contributed by atoms with Gasteiger partial charge in [0.05, 0.1) is 15.6 Å². The Labute approximate surface area is 150 Å². The maximum Gasteiger partial charge on any atom is 0.412 e. The number of benzene rings is 1. The van der Waals surface area contributed by atoms with Gasteiger partial charge in [-0.15, -0.1) is 0 Å². The van der Waals surface area contributed by atoms with Crippen LogP contribution in [0.15, 0.2) is 12.1 Å². The van der Waals surface area contributed by atoms with Crippen LogP contribution in [0.1, 0.15) is 32.0 Å². The molecule has 1 atom stereocenters. The highest BCUT2D eigenvalue weighted by Crippen LogP contribution is 2.38. The fourth-order valence-corrected chi connectivity index (χ4v) is 3.61. The van der Waals surface area contributed by atoms with Crippen molar-refractivity contribution < 1.29 is 14.6 Å². The van der Waals surface area contributed by atoms with Crippen molar-refractivity contribution in [1.82, 2.24) is 9.88 Å². The molecule has 130 valence electrons. The molecule has 24 heavy (non-hydrogen) atoms. The average Bonchev–Trinajstić information content (AvgIpc) is 2.87. The zero-order chi connectivity index (χ0) is 17.9. The van der Waals surface area contributed by atoms with Crippen molar-refractivity contribution in [1.29, 1.82) is 0 Å². The molecule has 1 saturated heterocycles. The van der Waals surface area contributed by atoms with Crippen LogP contribution in [0.4, 0.5) is 4.79 Å². The van der Waals surface area contributed by atoms with E-state index in [-0.39, 0.29) is 0 Å². The Hall–Kier alpha value is -1.43. The molecule has 2 heterocycles. The summed E-state index contributed by atoms with van der Waals surface area (Å²) in [5.41, 5.74) is 0.344. The zero-order valence-corrected chi connectivity index (χ0v) is 15.5. The molecule has 3 rings (SSSR count). The van der Waals surface area contributed by atoms with E-state index in [1.54, 1.807) is 32.9 Å². The number of nitrogens with zero attached hydrogens (tertiary/aromatic N) is 1. The van der Waals surface area contributed by atoms with E-state index in [2.05, 4.69) is 4.98 Å². The first-order chi connectivity index (χ1) is 11.1. The number of aromatic nitrogens is 1. The van der Waals surface area contributed by atoms with Crippen molar-refractivity contribution in [2.24, 2.45) is 0 Å². The Kier molecular flexibility index (Phi) is 4.02. The minimum absolute atomic E-state index is 0.311. The largest absolute Gasteiger partial charge is 0.438 e. The molecule has 2 N–H and O–H groups in total. The van der Waals surface area contributed by atoms with Gasteiger partial charge in [0.1, 0.15) is 0 Å². The summed E-state index contributed by atoms with van der Waals surface area (Å²) in [6, 6.07) is 3.50. The molecule has 0 spiro atoms. The van der Waals surface area contributed by atoms with E-state index in [1.807, 2.05) is 6.92 Å². The van der Waals surface area contributed by atoms with Gasteiger partial charge in [-0.25, -0.2) is 4.79 Å². The lowest BCUT2D eigenvalue weighted by Gasteiger charge is -2.34. The zero-order valence-electron chi connectivity index (χ0n) is 14.0. The lowest BCUT2D eigenvalue weighted by molar-refractivity contribution is -0.126. The van der Waals surface area contributed by atoms with Crippen LogP contribution in [0.2, 0.25) is 10.0 Å². The van der Waals surface area contributed by atoms with Crippen molar-refractivity contribution in [3.63, 3.8) is 0 Å². The first-order valence-electron chi connectivity index (χ1n) is 7.74. The number of amides is 1. The van der Waals surface area contributed by atoms with Crippen molar-refractivity contribution in [3.05, 3.63) is 33.4 Å². The Morgan fingerprint density at radius 1 is 1.25 bits per heavy atom. The van der Waals surface area contributed by atoms with Gasteiger partial charge < -0.3 is 14.8 Å². The van der Waals surface area contributed by atoms with Crippen LogP contribution in [0.3, 0.4) is 0 Å². The number of ether oxygens (including phenoxy) is 1. The smallest absolute Gasteiger partial charge is 0.412 e. The molecule has 5 nitrogen and oxygen atoms in total. The molecule has 1 amide bonds. The van der Waals surface area contributed by atoms with Gasteiger partial charge in [0, 0.05) is 17.6 Å². The Morgan fingerprint density at radius 3 is 2.46 bits per heavy atom. The van der Waals surface area contributed by atoms with E-state index >= 15 is 0 Å². The van der Waals surface area contributed by atoms with Gasteiger partial charge in [0.15, 0.2) is 11.3 Å². The number of carbonyl (C=O) groups is 1. The summed E-state index contributed by atoms with van der Waals surface area (Å²) in [5.74, 6) is 0. The SMILES string of the molecule is Cc1[nH]c2c(Cl)ccc(Cl)c2c1CCN1C(=O)OC(C)(C)[C@@]1(C)O. The van der Waals surface area contributed by atoms with Gasteiger partial charge >= 0.3 is 6.09 Å². The van der Waals surface area contributed by atoms with E-state index in [4.69, 9.17) is 27.9 Å². The number of halogens is 2. The van der Waals surface area contributed by atoms with E-state index < -0.39 is 17.4 Å². The van der Waals surface area contributed by atoms with Crippen molar-refractivity contribution in [3.8, 4) is 0 Å². The van der Waals surface area contributed by atoms with E-state index in [1.165, 1.54) is 4.90 Å². The van der Waals surface area contributed by atoms with Gasteiger partial charge in [-0.2, -0.15) is 0 Å². The van der Waals surface area contributed by atoms with Gasteiger partial charge in [-0.1, -0.05) is 23.2 Å². The van der Waals surface area contributed by atoms with E-state index in [0.717, 1.165) is 22.2 Å². The lowest BCUT2D eigenvalue weighted by Crippen LogP contribution is -2.54. The quantitative estimate of drug-likeness (QED) is 0.847. The highest BCUT2D eigenvalue weighted by atomic mass is 35.5. The predicted octanol–water partition coefficient (Wildman–Crippen LogP) is 4.26. The molecule has 0 unspecified atom stereocenters. The maximum absolute atomic E-state index is 12.1. The summed E-state index contributed by atoms with van der Waals surface area (Å²) in [4.78, 5) is 16.7. The number of nitrogens with one attached hydrogen (secondary N) is 1. The third-order valence-electron chi connectivity index (χ3n) is 4.98. The first-order valence-corrected chi connectivity index (χ1v) is 8.50. The molecule has 1 fully saturated rings. The fourth-order valence-electron chi connectivity index (χ4n) is 3.14. The van der Waals surface area contributed by atoms with Crippen LogP contribution in [-0.2, 0) is 11.2 Å². The number of hydrogen-bond donors (Lipinski definition) is 2. The van der Waals surface area contributed by atoms with Crippen LogP contribution in [0.25, 0.3) is 10.9 Å². The molecule has 1 aliphatic rings. The first kappa shape index (κ1) is 17.4. The predicted molar refractivity (Wildman–Crippen MR) is 94.6 cm³/mol. The number of aromatic amines is 1. The summed E-state index contributed by atoms with van der Waals surface area (Å²) >= 11 is 12.6. The fraction of sp³-hybridized carbons (Fsp3) is 0.471. The van der Waals surface area contributed by atoms with Crippen molar-refractivity contribution >= 4 is 40.2 Å². The molecular formula is C17H20Cl2N2O3. The molecule has 1 aliphatic heterocycles. The normalized spacial score (nSPS) is 23.1. The maximum atomic E-state index is 12.1. The number of aliphatic hydroxyl groups is 1. The topological polar surface area (TPSA) is 65.6 Å². The number of H-pyrrole nitrogens is 1. The highest BCUT2D eigenvalue weighted by Gasteiger charge is 2.56. The average molecular weight is 371 g/mol. The molecule has 1 aromatic heterocycles. The third-order valence-corrected chi connectivity index (χ3v) is 5.61. The summed E-state index contributed by atoms with van der Waals surface area (Å²) in [6.07, 6.45) is -0.000588. The molecule has 0 saturated carbocycles. The molecule has 0 aliphatic carbocycles. The number of hydrogen-bond acceptors (Lipinski definition) is 3. The van der Waals surface area contributed by atoms with Gasteiger partial charge in [-0.05, 0) is 51.8 Å². The second kappa shape index (κ2) is 5.55. The molecule has 1 aromatic carbocycles. The standard InChI is InChI=1S/C17H20Cl2N2O3/c1-9-10(13-11(18)5-6-12(19)14(13)20-9)7-8-21-15(22)24-16(2,3)17(21,4)23/h5-6,20,23H,7-8H2,1-4H3/t17-/m1/s1. The summed E-state index contributed by atoms with van der Waals surface area (Å²) < 4.78 is 5.29. The van der Waals surface area contributed by atoms with Gasteiger partial charge in [0.25, 0.3) is 0 Å².